The third-order valence-corrected chi connectivity index (χ3v) is 6.40. The van der Waals surface area contributed by atoms with Crippen LogP contribution >= 0.6 is 0 Å². The Morgan fingerprint density at radius 3 is 2.18 bits per heavy atom. The minimum Gasteiger partial charge on any atom is -0.373 e. The molecule has 0 aromatic heterocycles. The third-order valence-electron chi connectivity index (χ3n) is 4.55. The number of carbonyl (C=O) groups is 1. The van der Waals surface area contributed by atoms with Crippen molar-refractivity contribution >= 4 is 21.6 Å². The van der Waals surface area contributed by atoms with Crippen molar-refractivity contribution in [1.82, 2.24) is 9.73 Å². The summed E-state index contributed by atoms with van der Waals surface area (Å²) in [5.74, 6) is -0.316. The summed E-state index contributed by atoms with van der Waals surface area (Å²) in [7, 11) is -1.88. The lowest BCUT2D eigenvalue weighted by Crippen LogP contribution is -2.48. The normalized spacial score (nSPS) is 20.5. The number of hydrogen-bond acceptors (Lipinski definition) is 5. The van der Waals surface area contributed by atoms with Gasteiger partial charge in [0.1, 0.15) is 0 Å². The average Bonchev–Trinajstić information content (AvgIpc) is 2.68. The minimum absolute atomic E-state index is 0.155. The van der Waals surface area contributed by atoms with E-state index in [0.29, 0.717) is 18.7 Å². The smallest absolute Gasteiger partial charge is 0.269 e. The molecule has 1 amide bonds. The molecule has 1 aliphatic heterocycles. The van der Waals surface area contributed by atoms with Gasteiger partial charge in [-0.05, 0) is 50.2 Å². The summed E-state index contributed by atoms with van der Waals surface area (Å²) < 4.78 is 32.8. The van der Waals surface area contributed by atoms with Gasteiger partial charge in [-0.25, -0.2) is 8.42 Å². The molecule has 0 aliphatic carbocycles. The van der Waals surface area contributed by atoms with Crippen molar-refractivity contribution in [2.45, 2.75) is 31.0 Å². The molecule has 1 heterocycles. The van der Waals surface area contributed by atoms with Gasteiger partial charge in [-0.2, -0.15) is 4.31 Å². The predicted molar refractivity (Wildman–Crippen MR) is 108 cm³/mol. The van der Waals surface area contributed by atoms with Crippen LogP contribution in [0.2, 0.25) is 0 Å². The van der Waals surface area contributed by atoms with Gasteiger partial charge in [0.05, 0.1) is 22.8 Å². The van der Waals surface area contributed by atoms with E-state index in [1.165, 1.54) is 28.6 Å². The van der Waals surface area contributed by atoms with Gasteiger partial charge in [-0.1, -0.05) is 18.2 Å². The molecule has 0 saturated carbocycles. The van der Waals surface area contributed by atoms with Crippen molar-refractivity contribution in [2.24, 2.45) is 0 Å². The zero-order chi connectivity index (χ0) is 20.3. The average molecular weight is 404 g/mol. The van der Waals surface area contributed by atoms with Crippen molar-refractivity contribution in [3.63, 3.8) is 0 Å². The van der Waals surface area contributed by atoms with Crippen LogP contribution in [0, 0.1) is 0 Å². The van der Waals surface area contributed by atoms with Crippen LogP contribution in [0.25, 0.3) is 0 Å². The number of benzene rings is 2. The van der Waals surface area contributed by atoms with Gasteiger partial charge in [-0.3, -0.25) is 15.2 Å². The number of sulfonamides is 1. The zero-order valence-electron chi connectivity index (χ0n) is 16.2. The number of anilines is 1. The third kappa shape index (κ3) is 4.52. The molecule has 0 unspecified atom stereocenters. The van der Waals surface area contributed by atoms with E-state index >= 15 is 0 Å². The zero-order valence-corrected chi connectivity index (χ0v) is 17.0. The molecule has 1 aliphatic rings. The van der Waals surface area contributed by atoms with E-state index in [9.17, 15) is 13.2 Å². The first-order chi connectivity index (χ1) is 13.3. The van der Waals surface area contributed by atoms with Gasteiger partial charge in [0.15, 0.2) is 0 Å². The summed E-state index contributed by atoms with van der Waals surface area (Å²) in [5, 5.41) is 1.61. The Morgan fingerprint density at radius 1 is 1.04 bits per heavy atom. The van der Waals surface area contributed by atoms with Gasteiger partial charge in [0.2, 0.25) is 10.0 Å². The first-order valence-electron chi connectivity index (χ1n) is 9.13. The number of ether oxygens (including phenoxy) is 1. The summed E-state index contributed by atoms with van der Waals surface area (Å²) in [5.41, 5.74) is 3.98. The lowest BCUT2D eigenvalue weighted by atomic mass is 10.2. The second-order valence-electron chi connectivity index (χ2n) is 6.94. The predicted octanol–water partition coefficient (Wildman–Crippen LogP) is 2.27. The van der Waals surface area contributed by atoms with Crippen molar-refractivity contribution in [1.29, 1.82) is 0 Å². The fraction of sp³-hybridized carbons (Fsp3) is 0.350. The van der Waals surface area contributed by atoms with Crippen molar-refractivity contribution in [2.75, 3.05) is 25.1 Å². The maximum Gasteiger partial charge on any atom is 0.269 e. The summed E-state index contributed by atoms with van der Waals surface area (Å²) in [6.45, 7) is 4.34. The highest BCUT2D eigenvalue weighted by Crippen LogP contribution is 2.21. The first kappa shape index (κ1) is 20.3. The van der Waals surface area contributed by atoms with Crippen LogP contribution in [0.1, 0.15) is 24.2 Å². The van der Waals surface area contributed by atoms with Crippen molar-refractivity contribution in [3.8, 4) is 0 Å². The van der Waals surface area contributed by atoms with Crippen LogP contribution in [0.4, 0.5) is 5.69 Å². The van der Waals surface area contributed by atoms with Gasteiger partial charge in [0.25, 0.3) is 5.91 Å². The Labute approximate surface area is 165 Å². The molecule has 0 bridgehead atoms. The van der Waals surface area contributed by atoms with E-state index in [0.717, 1.165) is 5.69 Å². The van der Waals surface area contributed by atoms with Crippen LogP contribution in [-0.2, 0) is 14.8 Å². The van der Waals surface area contributed by atoms with Crippen LogP contribution in [0.5, 0.6) is 0 Å². The number of morpholine rings is 1. The Hall–Kier alpha value is -2.42. The summed E-state index contributed by atoms with van der Waals surface area (Å²) in [6.07, 6.45) is -0.311. The lowest BCUT2D eigenvalue weighted by Gasteiger charge is -2.34. The van der Waals surface area contributed by atoms with Gasteiger partial charge in [-0.15, -0.1) is 0 Å². The molecular formula is C20H25N3O4S. The highest BCUT2D eigenvalue weighted by molar-refractivity contribution is 7.89. The quantitative estimate of drug-likeness (QED) is 0.775. The summed E-state index contributed by atoms with van der Waals surface area (Å²) in [6, 6.07) is 15.4. The van der Waals surface area contributed by atoms with Gasteiger partial charge >= 0.3 is 0 Å². The van der Waals surface area contributed by atoms with Crippen LogP contribution in [0.3, 0.4) is 0 Å². The highest BCUT2D eigenvalue weighted by atomic mass is 32.2. The Kier molecular flexibility index (Phi) is 6.02. The maximum absolute atomic E-state index is 12.9. The molecule has 2 atom stereocenters. The largest absolute Gasteiger partial charge is 0.373 e. The molecule has 150 valence electrons. The fourth-order valence-corrected chi connectivity index (χ4v) is 4.78. The van der Waals surface area contributed by atoms with Crippen LogP contribution in [0.15, 0.2) is 59.5 Å². The SMILES string of the molecule is C[C@@H]1CN(S(=O)(=O)c2ccc(C(=O)NN(C)c3ccccc3)cc2)C[C@@H](C)O1. The number of nitrogens with zero attached hydrogens (tertiary/aromatic N) is 2. The van der Waals surface area contributed by atoms with Crippen LogP contribution < -0.4 is 10.4 Å². The summed E-state index contributed by atoms with van der Waals surface area (Å²) in [4.78, 5) is 12.6. The molecule has 0 spiro atoms. The number of nitrogens with one attached hydrogen (secondary N) is 1. The Morgan fingerprint density at radius 2 is 1.61 bits per heavy atom. The molecule has 1 N–H and O–H groups in total. The van der Waals surface area contributed by atoms with Crippen molar-refractivity contribution < 1.29 is 17.9 Å². The molecule has 2 aromatic rings. The topological polar surface area (TPSA) is 79.0 Å². The number of amides is 1. The number of carbonyl (C=O) groups excluding carboxylic acids is 1. The Balaban J connectivity index is 1.71. The fourth-order valence-electron chi connectivity index (χ4n) is 3.19. The van der Waals surface area contributed by atoms with Crippen molar-refractivity contribution in [3.05, 3.63) is 60.2 Å². The lowest BCUT2D eigenvalue weighted by molar-refractivity contribution is -0.0440. The van der Waals surface area contributed by atoms with E-state index in [1.807, 2.05) is 44.2 Å². The molecule has 1 saturated heterocycles. The molecule has 3 rings (SSSR count). The van der Waals surface area contributed by atoms with Crippen LogP contribution in [-0.4, -0.2) is 51.0 Å². The number of para-hydroxylation sites is 1. The molecule has 7 nitrogen and oxygen atoms in total. The molecule has 28 heavy (non-hydrogen) atoms. The highest BCUT2D eigenvalue weighted by Gasteiger charge is 2.32. The minimum atomic E-state index is -3.63. The maximum atomic E-state index is 12.9. The molecule has 8 heteroatoms. The first-order valence-corrected chi connectivity index (χ1v) is 10.6. The van der Waals surface area contributed by atoms with E-state index in [1.54, 1.807) is 12.1 Å². The Bertz CT molecular complexity index is 906. The summed E-state index contributed by atoms with van der Waals surface area (Å²) >= 11 is 0. The standard InChI is InChI=1S/C20H25N3O4S/c1-15-13-23(14-16(2)27-15)28(25,26)19-11-9-17(10-12-19)20(24)21-22(3)18-7-5-4-6-8-18/h4-12,15-16H,13-14H2,1-3H3,(H,21,24)/t15-,16-/m1/s1. The van der Waals surface area contributed by atoms with E-state index in [2.05, 4.69) is 5.43 Å². The number of hydrogen-bond donors (Lipinski definition) is 1. The molecular weight excluding hydrogens is 378 g/mol. The second-order valence-corrected chi connectivity index (χ2v) is 8.88. The van der Waals surface area contributed by atoms with Gasteiger partial charge < -0.3 is 4.74 Å². The number of rotatable bonds is 5. The molecule has 0 radical (unpaired) electrons. The number of hydrazine groups is 1. The van der Waals surface area contributed by atoms with E-state index in [4.69, 9.17) is 4.74 Å². The van der Waals surface area contributed by atoms with Gasteiger partial charge in [0, 0.05) is 25.7 Å². The molecule has 1 fully saturated rings. The monoisotopic (exact) mass is 403 g/mol. The van der Waals surface area contributed by atoms with E-state index in [-0.39, 0.29) is 23.0 Å². The molecule has 2 aromatic carbocycles. The van der Waals surface area contributed by atoms with E-state index < -0.39 is 10.0 Å². The second kappa shape index (κ2) is 8.30.